The van der Waals surface area contributed by atoms with Gasteiger partial charge in [-0.2, -0.15) is 0 Å². The molecule has 12 nitrogen and oxygen atoms in total. The molecule has 5 fully saturated rings. The van der Waals surface area contributed by atoms with E-state index in [1.165, 1.54) is 14.0 Å². The van der Waals surface area contributed by atoms with E-state index in [1.807, 2.05) is 39.0 Å². The van der Waals surface area contributed by atoms with E-state index < -0.39 is 47.0 Å². The van der Waals surface area contributed by atoms with Crippen LogP contribution in [0.3, 0.4) is 0 Å². The van der Waals surface area contributed by atoms with Gasteiger partial charge in [-0.3, -0.25) is 9.59 Å². The highest BCUT2D eigenvalue weighted by Crippen LogP contribution is 2.55. The number of ether oxygens (including phenoxy) is 9. The Bertz CT molecular complexity index is 1550. The fraction of sp³-hybridized carbons (Fsp3) is 0.826. The predicted octanol–water partition coefficient (Wildman–Crippen LogP) is 7.71. The topological polar surface area (TPSA) is 129 Å². The van der Waals surface area contributed by atoms with Crippen molar-refractivity contribution in [2.24, 2.45) is 35.5 Å². The Balaban J connectivity index is 1.16. The summed E-state index contributed by atoms with van der Waals surface area (Å²) in [5.74, 6) is -2.65. The van der Waals surface area contributed by atoms with E-state index in [-0.39, 0.29) is 60.0 Å². The fourth-order valence-electron chi connectivity index (χ4n) is 11.6. The summed E-state index contributed by atoms with van der Waals surface area (Å²) in [6, 6.07) is 10.2. The summed E-state index contributed by atoms with van der Waals surface area (Å²) in [6.45, 7) is 19.0. The first-order chi connectivity index (χ1) is 27.5. The number of carbonyl (C=O) groups excluding carboxylic acids is 2. The third-order valence-corrected chi connectivity index (χ3v) is 14.9. The molecule has 5 aliphatic heterocycles. The number of carbonyl (C=O) groups is 2. The van der Waals surface area contributed by atoms with E-state index >= 15 is 0 Å². The molecule has 1 N–H and O–H groups in total. The van der Waals surface area contributed by atoms with Crippen LogP contribution in [-0.4, -0.2) is 105 Å². The molecule has 17 atom stereocenters. The van der Waals surface area contributed by atoms with Crippen molar-refractivity contribution in [3.05, 3.63) is 30.3 Å². The summed E-state index contributed by atoms with van der Waals surface area (Å²) in [6.07, 6.45) is 4.27. The van der Waals surface area contributed by atoms with Crippen LogP contribution in [0.5, 0.6) is 0 Å². The summed E-state index contributed by atoms with van der Waals surface area (Å²) in [5.41, 5.74) is -0.0877. The van der Waals surface area contributed by atoms with Crippen molar-refractivity contribution in [2.45, 2.75) is 179 Å². The van der Waals surface area contributed by atoms with E-state index in [4.69, 9.17) is 42.6 Å². The average molecular weight is 816 g/mol. The van der Waals surface area contributed by atoms with Crippen LogP contribution in [0.25, 0.3) is 0 Å². The van der Waals surface area contributed by atoms with Gasteiger partial charge in [0.2, 0.25) is 0 Å². The Hall–Kier alpha value is -2.32. The van der Waals surface area contributed by atoms with Crippen LogP contribution < -0.4 is 5.32 Å². The van der Waals surface area contributed by atoms with E-state index in [9.17, 15) is 9.59 Å². The molecule has 0 aliphatic carbocycles. The quantitative estimate of drug-likeness (QED) is 0.185. The van der Waals surface area contributed by atoms with Crippen LogP contribution in [0.1, 0.15) is 114 Å². The first-order valence-corrected chi connectivity index (χ1v) is 22.0. The van der Waals surface area contributed by atoms with Crippen molar-refractivity contribution >= 4 is 17.6 Å². The molecule has 0 bridgehead atoms. The van der Waals surface area contributed by atoms with Gasteiger partial charge in [0, 0.05) is 57.4 Å². The maximum absolute atomic E-state index is 12.6. The average Bonchev–Trinajstić information content (AvgIpc) is 3.92. The monoisotopic (exact) mass is 816 g/mol. The van der Waals surface area contributed by atoms with Crippen molar-refractivity contribution < 1.29 is 52.2 Å². The lowest BCUT2D eigenvalue weighted by Gasteiger charge is -2.49. The molecule has 0 aromatic heterocycles. The van der Waals surface area contributed by atoms with E-state index in [1.54, 1.807) is 14.2 Å². The van der Waals surface area contributed by atoms with Crippen molar-refractivity contribution in [3.63, 3.8) is 0 Å². The largest absolute Gasteiger partial charge is 0.469 e. The Morgan fingerprint density at radius 2 is 1.67 bits per heavy atom. The van der Waals surface area contributed by atoms with Crippen LogP contribution in [0.15, 0.2) is 30.3 Å². The molecule has 0 unspecified atom stereocenters. The highest BCUT2D eigenvalue weighted by molar-refractivity contribution is 5.72. The number of benzene rings is 1. The molecule has 1 aromatic carbocycles. The Labute approximate surface area is 347 Å². The first-order valence-electron chi connectivity index (χ1n) is 22.0. The van der Waals surface area contributed by atoms with Crippen LogP contribution >= 0.6 is 0 Å². The molecule has 1 spiro atoms. The standard InChI is InChI=1S/C46H73NO11/c1-13-44(41-28(3)24-35(54-41)38-27(2)23-29(4)46(52-12,57-38)26-47-34-17-15-14-16-18-34)20-19-37(55-44)43(9)21-22-45(58-43)25-36(53-33(8)48)30(5)40(56-45)31(6)39(50-10)32(7)42(49)51-11/h14-18,27-32,35-41,47H,13,19-26H2,1-12H3/t27-,28-,29+,30+,31-,32-,35+,36-,37+,38-,39+,40-,41+,43-,44-,45+,46-/m0/s1. The summed E-state index contributed by atoms with van der Waals surface area (Å²) in [7, 11) is 4.74. The summed E-state index contributed by atoms with van der Waals surface area (Å²) < 4.78 is 58.8. The molecule has 5 saturated heterocycles. The molecule has 328 valence electrons. The number of anilines is 1. The fourth-order valence-corrected chi connectivity index (χ4v) is 11.6. The third kappa shape index (κ3) is 8.72. The number of hydrogen-bond donors (Lipinski definition) is 1. The van der Waals surface area contributed by atoms with Crippen molar-refractivity contribution in [1.29, 1.82) is 0 Å². The molecule has 1 aromatic rings. The van der Waals surface area contributed by atoms with Crippen LogP contribution in [0.2, 0.25) is 0 Å². The van der Waals surface area contributed by atoms with Gasteiger partial charge < -0.3 is 47.9 Å². The van der Waals surface area contributed by atoms with Gasteiger partial charge in [0.1, 0.15) is 6.10 Å². The number of para-hydroxylation sites is 1. The first kappa shape index (κ1) is 45.2. The Morgan fingerprint density at radius 1 is 0.948 bits per heavy atom. The molecule has 6 rings (SSSR count). The third-order valence-electron chi connectivity index (χ3n) is 14.9. The van der Waals surface area contributed by atoms with E-state index in [2.05, 4.69) is 52.1 Å². The highest BCUT2D eigenvalue weighted by atomic mass is 16.7. The second-order valence-corrected chi connectivity index (χ2v) is 18.8. The minimum atomic E-state index is -0.995. The number of hydrogen-bond acceptors (Lipinski definition) is 12. The summed E-state index contributed by atoms with van der Waals surface area (Å²) in [5, 5.41) is 3.56. The van der Waals surface area contributed by atoms with Crippen LogP contribution in [0.4, 0.5) is 5.69 Å². The number of esters is 2. The molecule has 0 radical (unpaired) electrons. The minimum absolute atomic E-state index is 0.0889. The van der Waals surface area contributed by atoms with Gasteiger partial charge in [0.05, 0.1) is 67.4 Å². The molecule has 12 heteroatoms. The van der Waals surface area contributed by atoms with Crippen LogP contribution in [0, 0.1) is 35.5 Å². The van der Waals surface area contributed by atoms with Crippen molar-refractivity contribution in [3.8, 4) is 0 Å². The lowest BCUT2D eigenvalue weighted by Crippen LogP contribution is -2.58. The summed E-state index contributed by atoms with van der Waals surface area (Å²) >= 11 is 0. The lowest BCUT2D eigenvalue weighted by atomic mass is 9.78. The van der Waals surface area contributed by atoms with Gasteiger partial charge in [-0.1, -0.05) is 59.7 Å². The van der Waals surface area contributed by atoms with Crippen molar-refractivity contribution in [1.82, 2.24) is 0 Å². The maximum Gasteiger partial charge on any atom is 0.311 e. The van der Waals surface area contributed by atoms with Gasteiger partial charge in [0.25, 0.3) is 0 Å². The van der Waals surface area contributed by atoms with E-state index in [0.29, 0.717) is 25.3 Å². The van der Waals surface area contributed by atoms with Gasteiger partial charge >= 0.3 is 11.9 Å². The highest BCUT2D eigenvalue weighted by Gasteiger charge is 2.63. The molecular weight excluding hydrogens is 743 g/mol. The molecule has 58 heavy (non-hydrogen) atoms. The number of nitrogens with one attached hydrogen (secondary N) is 1. The SMILES string of the molecule is CC[C@@]1([C@@H]2O[C@@H]([C@H]3O[C@](CNc4ccccc4)(OC)[C@H](C)C[C@@H]3C)C[C@@H]2C)CC[C@H]([C@]2(C)CC[C@]3(C[C@H](OC(C)=O)[C@@H](C)[C@@H]([C@@H](C)[C@@H](OC)[C@H](C)C(=O)OC)O3)O2)O1. The predicted molar refractivity (Wildman–Crippen MR) is 219 cm³/mol. The second-order valence-electron chi connectivity index (χ2n) is 18.8. The molecule has 5 heterocycles. The Morgan fingerprint density at radius 3 is 2.31 bits per heavy atom. The summed E-state index contributed by atoms with van der Waals surface area (Å²) in [4.78, 5) is 25.0. The zero-order valence-corrected chi connectivity index (χ0v) is 37.2. The minimum Gasteiger partial charge on any atom is -0.469 e. The molecular formula is C46H73NO11. The van der Waals surface area contributed by atoms with Crippen molar-refractivity contribution in [2.75, 3.05) is 33.2 Å². The zero-order chi connectivity index (χ0) is 42.2. The lowest BCUT2D eigenvalue weighted by molar-refractivity contribution is -0.336. The molecule has 0 saturated carbocycles. The molecule has 0 amide bonds. The smallest absolute Gasteiger partial charge is 0.311 e. The number of methoxy groups -OCH3 is 3. The van der Waals surface area contributed by atoms with Gasteiger partial charge in [0.15, 0.2) is 11.6 Å². The maximum atomic E-state index is 12.6. The zero-order valence-electron chi connectivity index (χ0n) is 37.2. The van der Waals surface area contributed by atoms with Gasteiger partial charge in [-0.15, -0.1) is 0 Å². The Kier molecular flexibility index (Phi) is 14.0. The second kappa shape index (κ2) is 18.0. The van der Waals surface area contributed by atoms with Gasteiger partial charge in [-0.05, 0) is 76.3 Å². The normalized spacial score (nSPS) is 43.2. The van der Waals surface area contributed by atoms with Gasteiger partial charge in [-0.25, -0.2) is 0 Å². The van der Waals surface area contributed by atoms with Crippen LogP contribution in [-0.2, 0) is 52.2 Å². The molecule has 5 aliphatic rings. The van der Waals surface area contributed by atoms with E-state index in [0.717, 1.165) is 44.2 Å². The number of rotatable bonds is 14.